The van der Waals surface area contributed by atoms with Crippen LogP contribution in [0.3, 0.4) is 0 Å². The number of aromatic nitrogens is 1. The van der Waals surface area contributed by atoms with Crippen molar-refractivity contribution in [1.29, 1.82) is 0 Å². The Kier molecular flexibility index (Phi) is 8.22. The number of carbonyl (C=O) groups is 1. The molecule has 0 spiro atoms. The first-order valence-corrected chi connectivity index (χ1v) is 11.3. The summed E-state index contributed by atoms with van der Waals surface area (Å²) in [7, 11) is 0. The number of benzene rings is 1. The van der Waals surface area contributed by atoms with Crippen molar-refractivity contribution >= 4 is 23.3 Å². The first kappa shape index (κ1) is 22.2. The molecule has 1 saturated heterocycles. The minimum Gasteiger partial charge on any atom is -0.487 e. The highest BCUT2D eigenvalue weighted by Gasteiger charge is 2.19. The molecule has 0 unspecified atom stereocenters. The van der Waals surface area contributed by atoms with E-state index in [0.29, 0.717) is 6.61 Å². The number of hydrogen-bond donors (Lipinski definition) is 1. The van der Waals surface area contributed by atoms with E-state index in [1.165, 1.54) is 5.57 Å². The van der Waals surface area contributed by atoms with Crippen LogP contribution in [0.2, 0.25) is 0 Å². The van der Waals surface area contributed by atoms with Gasteiger partial charge in [0.15, 0.2) is 0 Å². The Morgan fingerprint density at radius 3 is 2.77 bits per heavy atom. The van der Waals surface area contributed by atoms with Crippen LogP contribution < -0.4 is 10.1 Å². The molecule has 1 aliphatic rings. The summed E-state index contributed by atoms with van der Waals surface area (Å²) in [6.45, 7) is 9.70. The number of nitrogens with zero attached hydrogens (tertiary/aromatic N) is 2. The van der Waals surface area contributed by atoms with E-state index in [9.17, 15) is 4.79 Å². The van der Waals surface area contributed by atoms with Crippen molar-refractivity contribution < 1.29 is 9.53 Å². The van der Waals surface area contributed by atoms with Crippen LogP contribution in [0.25, 0.3) is 6.08 Å². The van der Waals surface area contributed by atoms with Crippen molar-refractivity contribution in [2.24, 2.45) is 0 Å². The molecule has 5 nitrogen and oxygen atoms in total. The first-order chi connectivity index (χ1) is 14.5. The topological polar surface area (TPSA) is 54.5 Å². The van der Waals surface area contributed by atoms with Gasteiger partial charge in [0, 0.05) is 42.7 Å². The van der Waals surface area contributed by atoms with Gasteiger partial charge in [-0.15, -0.1) is 11.3 Å². The highest BCUT2D eigenvalue weighted by atomic mass is 32.1. The summed E-state index contributed by atoms with van der Waals surface area (Å²) in [6, 6.07) is 7.98. The number of nitrogens with one attached hydrogen (secondary N) is 1. The van der Waals surface area contributed by atoms with Gasteiger partial charge in [0.1, 0.15) is 12.4 Å². The lowest BCUT2D eigenvalue weighted by atomic mass is 10.0. The average Bonchev–Trinajstić information content (AvgIpc) is 3.16. The summed E-state index contributed by atoms with van der Waals surface area (Å²) in [5.41, 5.74) is 3.16. The second-order valence-electron chi connectivity index (χ2n) is 7.88. The van der Waals surface area contributed by atoms with E-state index >= 15 is 0 Å². The molecule has 0 bridgehead atoms. The standard InChI is InChI=1S/C24H31N3O2S/c1-18(2)10-13-27-14-11-21(12-15-27)26-24(28)9-8-20-6-4-5-7-23(20)29-16-22-17-30-19(3)25-22/h4-10,17,21H,11-16H2,1-3H3,(H,26,28)/b9-8+. The van der Waals surface area contributed by atoms with E-state index in [0.717, 1.165) is 54.5 Å². The lowest BCUT2D eigenvalue weighted by Crippen LogP contribution is -2.44. The van der Waals surface area contributed by atoms with Crippen molar-refractivity contribution in [3.05, 3.63) is 63.6 Å². The van der Waals surface area contributed by atoms with Gasteiger partial charge in [-0.05, 0) is 45.8 Å². The molecule has 2 heterocycles. The maximum atomic E-state index is 12.4. The normalized spacial score (nSPS) is 15.3. The number of para-hydroxylation sites is 1. The third-order valence-corrected chi connectivity index (χ3v) is 5.89. The van der Waals surface area contributed by atoms with Crippen LogP contribution in [0, 0.1) is 6.92 Å². The SMILES string of the molecule is CC(C)=CCN1CCC(NC(=O)/C=C/c2ccccc2OCc2csc(C)n2)CC1. The van der Waals surface area contributed by atoms with Crippen molar-refractivity contribution in [3.63, 3.8) is 0 Å². The van der Waals surface area contributed by atoms with Crippen molar-refractivity contribution in [3.8, 4) is 5.75 Å². The number of hydrogen-bond acceptors (Lipinski definition) is 5. The Bertz CT molecular complexity index is 891. The largest absolute Gasteiger partial charge is 0.487 e. The maximum Gasteiger partial charge on any atom is 0.244 e. The Morgan fingerprint density at radius 1 is 1.30 bits per heavy atom. The molecule has 3 rings (SSSR count). The van der Waals surface area contributed by atoms with E-state index in [2.05, 4.69) is 35.1 Å². The zero-order chi connectivity index (χ0) is 21.3. The molecule has 0 saturated carbocycles. The minimum atomic E-state index is -0.0531. The zero-order valence-corrected chi connectivity index (χ0v) is 18.9. The molecule has 2 aromatic rings. The summed E-state index contributed by atoms with van der Waals surface area (Å²) in [4.78, 5) is 19.3. The molecule has 6 heteroatoms. The molecule has 160 valence electrons. The van der Waals surface area contributed by atoms with Gasteiger partial charge in [-0.25, -0.2) is 4.98 Å². The second-order valence-corrected chi connectivity index (χ2v) is 8.94. The van der Waals surface area contributed by atoms with E-state index in [1.807, 2.05) is 42.6 Å². The highest BCUT2D eigenvalue weighted by molar-refractivity contribution is 7.09. The summed E-state index contributed by atoms with van der Waals surface area (Å²) in [5, 5.41) is 6.17. The lowest BCUT2D eigenvalue weighted by Gasteiger charge is -2.31. The van der Waals surface area contributed by atoms with Gasteiger partial charge in [0.2, 0.25) is 5.91 Å². The number of allylic oxidation sites excluding steroid dienone is 1. The van der Waals surface area contributed by atoms with Gasteiger partial charge in [0.05, 0.1) is 10.7 Å². The number of amides is 1. The highest BCUT2D eigenvalue weighted by Crippen LogP contribution is 2.21. The Balaban J connectivity index is 1.48. The Morgan fingerprint density at radius 2 is 2.07 bits per heavy atom. The summed E-state index contributed by atoms with van der Waals surface area (Å²) in [6.07, 6.45) is 7.66. The summed E-state index contributed by atoms with van der Waals surface area (Å²) < 4.78 is 5.92. The monoisotopic (exact) mass is 425 g/mol. The maximum absolute atomic E-state index is 12.4. The van der Waals surface area contributed by atoms with Crippen LogP contribution in [-0.2, 0) is 11.4 Å². The predicted molar refractivity (Wildman–Crippen MR) is 124 cm³/mol. The molecule has 0 aliphatic carbocycles. The zero-order valence-electron chi connectivity index (χ0n) is 18.1. The number of carbonyl (C=O) groups excluding carboxylic acids is 1. The number of aryl methyl sites for hydroxylation is 1. The lowest BCUT2D eigenvalue weighted by molar-refractivity contribution is -0.117. The minimum absolute atomic E-state index is 0.0531. The molecule has 0 atom stereocenters. The number of ether oxygens (including phenoxy) is 1. The molecule has 0 radical (unpaired) electrons. The van der Waals surface area contributed by atoms with Crippen molar-refractivity contribution in [2.45, 2.75) is 46.3 Å². The van der Waals surface area contributed by atoms with Crippen molar-refractivity contribution in [1.82, 2.24) is 15.2 Å². The number of thiazole rings is 1. The third kappa shape index (κ3) is 7.11. The van der Waals surface area contributed by atoms with E-state index in [4.69, 9.17) is 4.74 Å². The second kappa shape index (κ2) is 11.1. The smallest absolute Gasteiger partial charge is 0.244 e. The Hall–Kier alpha value is -2.44. The molecule has 1 amide bonds. The summed E-state index contributed by atoms with van der Waals surface area (Å²) >= 11 is 1.61. The molecule has 1 N–H and O–H groups in total. The van der Waals surface area contributed by atoms with Crippen LogP contribution in [-0.4, -0.2) is 41.5 Å². The van der Waals surface area contributed by atoms with Crippen LogP contribution >= 0.6 is 11.3 Å². The molecular formula is C24H31N3O2S. The van der Waals surface area contributed by atoms with Gasteiger partial charge in [-0.2, -0.15) is 0 Å². The molecular weight excluding hydrogens is 394 g/mol. The number of piperidine rings is 1. The molecule has 1 aromatic carbocycles. The third-order valence-electron chi connectivity index (χ3n) is 5.07. The van der Waals surface area contributed by atoms with Gasteiger partial charge < -0.3 is 10.1 Å². The van der Waals surface area contributed by atoms with E-state index in [-0.39, 0.29) is 11.9 Å². The fraction of sp³-hybridized carbons (Fsp3) is 0.417. The van der Waals surface area contributed by atoms with E-state index < -0.39 is 0 Å². The molecule has 1 aromatic heterocycles. The molecule has 1 fully saturated rings. The fourth-order valence-electron chi connectivity index (χ4n) is 3.36. The quantitative estimate of drug-likeness (QED) is 0.496. The molecule has 1 aliphatic heterocycles. The fourth-order valence-corrected chi connectivity index (χ4v) is 3.96. The van der Waals surface area contributed by atoms with E-state index in [1.54, 1.807) is 17.4 Å². The first-order valence-electron chi connectivity index (χ1n) is 10.5. The van der Waals surface area contributed by atoms with Crippen LogP contribution in [0.1, 0.15) is 43.0 Å². The van der Waals surface area contributed by atoms with Gasteiger partial charge in [0.25, 0.3) is 0 Å². The van der Waals surface area contributed by atoms with Gasteiger partial charge in [-0.1, -0.05) is 29.8 Å². The van der Waals surface area contributed by atoms with Crippen LogP contribution in [0.15, 0.2) is 47.4 Å². The number of likely N-dealkylation sites (tertiary alicyclic amines) is 1. The average molecular weight is 426 g/mol. The van der Waals surface area contributed by atoms with Crippen LogP contribution in [0.4, 0.5) is 0 Å². The van der Waals surface area contributed by atoms with Crippen molar-refractivity contribution in [2.75, 3.05) is 19.6 Å². The molecule has 30 heavy (non-hydrogen) atoms. The van der Waals surface area contributed by atoms with Gasteiger partial charge in [-0.3, -0.25) is 9.69 Å². The summed E-state index contributed by atoms with van der Waals surface area (Å²) in [5.74, 6) is 0.697. The predicted octanol–water partition coefficient (Wildman–Crippen LogP) is 4.59. The van der Waals surface area contributed by atoms with Crippen LogP contribution in [0.5, 0.6) is 5.75 Å². The number of rotatable bonds is 8. The van der Waals surface area contributed by atoms with Gasteiger partial charge >= 0.3 is 0 Å². The Labute approximate surface area is 183 Å².